The van der Waals surface area contributed by atoms with Gasteiger partial charge in [0, 0.05) is 25.6 Å². The van der Waals surface area contributed by atoms with Gasteiger partial charge < -0.3 is 4.74 Å². The molecule has 0 spiro atoms. The van der Waals surface area contributed by atoms with Gasteiger partial charge in [-0.05, 0) is 22.8 Å². The zero-order chi connectivity index (χ0) is 16.7. The number of halogens is 3. The van der Waals surface area contributed by atoms with Crippen LogP contribution in [0.1, 0.15) is 28.2 Å². The van der Waals surface area contributed by atoms with Crippen molar-refractivity contribution < 1.29 is 17.9 Å². The van der Waals surface area contributed by atoms with Gasteiger partial charge in [0.15, 0.2) is 0 Å². The predicted octanol–water partition coefficient (Wildman–Crippen LogP) is 4.20. The van der Waals surface area contributed by atoms with Gasteiger partial charge in [-0.3, -0.25) is 4.90 Å². The molecule has 24 heavy (non-hydrogen) atoms. The van der Waals surface area contributed by atoms with Gasteiger partial charge in [0.2, 0.25) is 0 Å². The number of alkyl halides is 3. The van der Waals surface area contributed by atoms with Crippen molar-refractivity contribution in [2.24, 2.45) is 0 Å². The number of hydrogen-bond donors (Lipinski definition) is 0. The number of hydrogen-bond acceptors (Lipinski definition) is 2. The molecule has 126 valence electrons. The molecule has 2 atom stereocenters. The first-order chi connectivity index (χ1) is 11.5. The molecule has 2 heterocycles. The Morgan fingerprint density at radius 3 is 2.54 bits per heavy atom. The van der Waals surface area contributed by atoms with Gasteiger partial charge in [0.1, 0.15) is 0 Å². The summed E-state index contributed by atoms with van der Waals surface area (Å²) in [4.78, 5) is 2.26. The van der Waals surface area contributed by atoms with Crippen LogP contribution in [-0.4, -0.2) is 24.1 Å². The van der Waals surface area contributed by atoms with E-state index < -0.39 is 11.7 Å². The van der Waals surface area contributed by atoms with Crippen molar-refractivity contribution in [3.05, 3.63) is 70.8 Å². The number of likely N-dealkylation sites (tertiary alicyclic amines) is 1. The normalized spacial score (nSPS) is 23.8. The Labute approximate surface area is 138 Å². The Morgan fingerprint density at radius 2 is 1.79 bits per heavy atom. The van der Waals surface area contributed by atoms with E-state index in [1.807, 2.05) is 24.3 Å². The maximum atomic E-state index is 13.2. The van der Waals surface area contributed by atoms with E-state index in [0.717, 1.165) is 31.3 Å². The molecule has 0 aromatic heterocycles. The molecule has 0 unspecified atom stereocenters. The van der Waals surface area contributed by atoms with Gasteiger partial charge in [0.25, 0.3) is 0 Å². The third kappa shape index (κ3) is 2.82. The van der Waals surface area contributed by atoms with Crippen molar-refractivity contribution in [3.63, 3.8) is 0 Å². The standard InChI is InChI=1S/C19H18F3NO/c20-19(21,22)17-8-4-7-14-15-10-23(9-13-5-2-1-3-6-13)11-18(15)24-12-16(14)17/h1-8,15,18H,9-12H2/t15-,18+/m1/s1. The van der Waals surface area contributed by atoms with E-state index in [4.69, 9.17) is 4.74 Å². The second kappa shape index (κ2) is 5.90. The molecule has 2 aliphatic rings. The van der Waals surface area contributed by atoms with Crippen molar-refractivity contribution in [3.8, 4) is 0 Å². The van der Waals surface area contributed by atoms with Crippen LogP contribution in [0.2, 0.25) is 0 Å². The Bertz CT molecular complexity index is 729. The molecule has 2 aliphatic heterocycles. The number of nitrogens with zero attached hydrogens (tertiary/aromatic N) is 1. The second-order valence-corrected chi connectivity index (χ2v) is 6.51. The molecule has 0 radical (unpaired) electrons. The lowest BCUT2D eigenvalue weighted by atomic mass is 9.87. The Morgan fingerprint density at radius 1 is 1.00 bits per heavy atom. The summed E-state index contributed by atoms with van der Waals surface area (Å²) in [5.74, 6) is 0.0137. The molecule has 1 fully saturated rings. The van der Waals surface area contributed by atoms with Gasteiger partial charge >= 0.3 is 6.18 Å². The maximum absolute atomic E-state index is 13.2. The van der Waals surface area contributed by atoms with Crippen LogP contribution in [0, 0.1) is 0 Å². The summed E-state index contributed by atoms with van der Waals surface area (Å²) in [7, 11) is 0. The molecular formula is C19H18F3NO. The van der Waals surface area contributed by atoms with Crippen molar-refractivity contribution >= 4 is 0 Å². The third-order valence-corrected chi connectivity index (χ3v) is 4.95. The minimum atomic E-state index is -4.33. The molecular weight excluding hydrogens is 315 g/mol. The Balaban J connectivity index is 1.59. The van der Waals surface area contributed by atoms with E-state index in [2.05, 4.69) is 17.0 Å². The van der Waals surface area contributed by atoms with Crippen LogP contribution < -0.4 is 0 Å². The largest absolute Gasteiger partial charge is 0.416 e. The summed E-state index contributed by atoms with van der Waals surface area (Å²) in [6, 6.07) is 14.6. The van der Waals surface area contributed by atoms with Crippen molar-refractivity contribution in [1.82, 2.24) is 4.90 Å². The highest BCUT2D eigenvalue weighted by Crippen LogP contribution is 2.42. The quantitative estimate of drug-likeness (QED) is 0.816. The van der Waals surface area contributed by atoms with Gasteiger partial charge in [-0.15, -0.1) is 0 Å². The van der Waals surface area contributed by atoms with Crippen LogP contribution in [0.25, 0.3) is 0 Å². The third-order valence-electron chi connectivity index (χ3n) is 4.95. The highest BCUT2D eigenvalue weighted by Gasteiger charge is 2.42. The summed E-state index contributed by atoms with van der Waals surface area (Å²) >= 11 is 0. The first kappa shape index (κ1) is 15.7. The molecule has 1 saturated heterocycles. The molecule has 0 saturated carbocycles. The van der Waals surface area contributed by atoms with E-state index in [1.54, 1.807) is 0 Å². The van der Waals surface area contributed by atoms with E-state index in [9.17, 15) is 13.2 Å². The molecule has 2 nitrogen and oxygen atoms in total. The van der Waals surface area contributed by atoms with Gasteiger partial charge in [-0.2, -0.15) is 13.2 Å². The number of rotatable bonds is 2. The lowest BCUT2D eigenvalue weighted by Crippen LogP contribution is -2.28. The highest BCUT2D eigenvalue weighted by atomic mass is 19.4. The molecule has 4 rings (SSSR count). The minimum Gasteiger partial charge on any atom is -0.371 e. The zero-order valence-electron chi connectivity index (χ0n) is 13.1. The number of benzene rings is 2. The first-order valence-corrected chi connectivity index (χ1v) is 8.09. The monoisotopic (exact) mass is 333 g/mol. The Kier molecular flexibility index (Phi) is 3.85. The van der Waals surface area contributed by atoms with Crippen LogP contribution in [-0.2, 0) is 24.1 Å². The molecule has 5 heteroatoms. The lowest BCUT2D eigenvalue weighted by Gasteiger charge is -2.29. The highest BCUT2D eigenvalue weighted by molar-refractivity contribution is 5.41. The average molecular weight is 333 g/mol. The predicted molar refractivity (Wildman–Crippen MR) is 84.5 cm³/mol. The molecule has 0 aliphatic carbocycles. The summed E-state index contributed by atoms with van der Waals surface area (Å²) in [5.41, 5.74) is 1.77. The van der Waals surface area contributed by atoms with Gasteiger partial charge in [0.05, 0.1) is 18.3 Å². The number of ether oxygens (including phenoxy) is 1. The average Bonchev–Trinajstić information content (AvgIpc) is 2.97. The van der Waals surface area contributed by atoms with Crippen LogP contribution in [0.4, 0.5) is 13.2 Å². The fourth-order valence-corrected chi connectivity index (χ4v) is 3.86. The lowest BCUT2D eigenvalue weighted by molar-refractivity contribution is -0.139. The van der Waals surface area contributed by atoms with E-state index in [1.165, 1.54) is 11.6 Å². The SMILES string of the molecule is FC(F)(F)c1cccc2c1CO[C@H]1CN(Cc3ccccc3)C[C@H]21. The topological polar surface area (TPSA) is 12.5 Å². The van der Waals surface area contributed by atoms with E-state index in [-0.39, 0.29) is 18.6 Å². The van der Waals surface area contributed by atoms with Crippen molar-refractivity contribution in [2.75, 3.05) is 13.1 Å². The van der Waals surface area contributed by atoms with E-state index in [0.29, 0.717) is 5.56 Å². The first-order valence-electron chi connectivity index (χ1n) is 8.09. The molecule has 2 aromatic rings. The molecule has 0 amide bonds. The fourth-order valence-electron chi connectivity index (χ4n) is 3.86. The van der Waals surface area contributed by atoms with Crippen LogP contribution >= 0.6 is 0 Å². The van der Waals surface area contributed by atoms with Crippen LogP contribution in [0.5, 0.6) is 0 Å². The second-order valence-electron chi connectivity index (χ2n) is 6.51. The molecule has 0 N–H and O–H groups in total. The summed E-state index contributed by atoms with van der Waals surface area (Å²) in [6.07, 6.45) is -4.35. The van der Waals surface area contributed by atoms with Crippen molar-refractivity contribution in [1.29, 1.82) is 0 Å². The van der Waals surface area contributed by atoms with E-state index >= 15 is 0 Å². The summed E-state index contributed by atoms with van der Waals surface area (Å²) < 4.78 is 45.4. The van der Waals surface area contributed by atoms with Crippen molar-refractivity contribution in [2.45, 2.75) is 31.3 Å². The van der Waals surface area contributed by atoms with Gasteiger partial charge in [-0.1, -0.05) is 42.5 Å². The smallest absolute Gasteiger partial charge is 0.371 e. The summed E-state index contributed by atoms with van der Waals surface area (Å²) in [5, 5.41) is 0. The Hall–Kier alpha value is -1.85. The summed E-state index contributed by atoms with van der Waals surface area (Å²) in [6.45, 7) is 2.33. The molecule has 0 bridgehead atoms. The minimum absolute atomic E-state index is 0.0137. The van der Waals surface area contributed by atoms with Crippen LogP contribution in [0.15, 0.2) is 48.5 Å². The fraction of sp³-hybridized carbons (Fsp3) is 0.368. The maximum Gasteiger partial charge on any atom is 0.416 e. The number of fused-ring (bicyclic) bond motifs is 3. The van der Waals surface area contributed by atoms with Crippen LogP contribution in [0.3, 0.4) is 0 Å². The zero-order valence-corrected chi connectivity index (χ0v) is 13.1. The molecule has 2 aromatic carbocycles. The van der Waals surface area contributed by atoms with Gasteiger partial charge in [-0.25, -0.2) is 0 Å².